The summed E-state index contributed by atoms with van der Waals surface area (Å²) < 4.78 is 5.27. The maximum absolute atomic E-state index is 12.4. The Bertz CT molecular complexity index is 868. The fourth-order valence-corrected chi connectivity index (χ4v) is 3.13. The molecule has 7 heteroatoms. The lowest BCUT2D eigenvalue weighted by Gasteiger charge is -2.32. The molecule has 1 aromatic carbocycles. The van der Waals surface area contributed by atoms with E-state index in [0.717, 1.165) is 19.3 Å². The SMILES string of the molecule is C[C@H](OC(=O)c1ccc2nccnc2c1)C(=O)NC1(C#N)CCCCC1. The van der Waals surface area contributed by atoms with E-state index >= 15 is 0 Å². The average Bonchev–Trinajstić information content (AvgIpc) is 2.68. The predicted molar refractivity (Wildman–Crippen MR) is 94.0 cm³/mol. The van der Waals surface area contributed by atoms with Crippen LogP contribution in [-0.4, -0.2) is 33.5 Å². The van der Waals surface area contributed by atoms with Gasteiger partial charge in [-0.05, 0) is 38.0 Å². The van der Waals surface area contributed by atoms with Crippen LogP contribution in [0.4, 0.5) is 0 Å². The zero-order valence-electron chi connectivity index (χ0n) is 14.6. The van der Waals surface area contributed by atoms with Gasteiger partial charge < -0.3 is 10.1 Å². The van der Waals surface area contributed by atoms with Gasteiger partial charge in [-0.3, -0.25) is 14.8 Å². The van der Waals surface area contributed by atoms with Crippen LogP contribution in [-0.2, 0) is 9.53 Å². The van der Waals surface area contributed by atoms with Gasteiger partial charge in [0.1, 0.15) is 5.54 Å². The minimum absolute atomic E-state index is 0.297. The zero-order chi connectivity index (χ0) is 18.6. The highest BCUT2D eigenvalue weighted by molar-refractivity contribution is 5.95. The number of amides is 1. The lowest BCUT2D eigenvalue weighted by atomic mass is 9.83. The summed E-state index contributed by atoms with van der Waals surface area (Å²) in [5, 5.41) is 12.2. The van der Waals surface area contributed by atoms with Gasteiger partial charge in [-0.1, -0.05) is 19.3 Å². The maximum atomic E-state index is 12.4. The quantitative estimate of drug-likeness (QED) is 0.848. The normalized spacial score (nSPS) is 17.1. The van der Waals surface area contributed by atoms with E-state index in [0.29, 0.717) is 29.4 Å². The molecular weight excluding hydrogens is 332 g/mol. The second-order valence-electron chi connectivity index (χ2n) is 6.55. The van der Waals surface area contributed by atoms with Gasteiger partial charge in [0.15, 0.2) is 6.10 Å². The third-order valence-corrected chi connectivity index (χ3v) is 4.64. The molecule has 0 bridgehead atoms. The molecule has 1 aliphatic rings. The van der Waals surface area contributed by atoms with Gasteiger partial charge in [-0.2, -0.15) is 5.26 Å². The topological polar surface area (TPSA) is 105 Å². The lowest BCUT2D eigenvalue weighted by molar-refractivity contribution is -0.130. The van der Waals surface area contributed by atoms with Gasteiger partial charge in [-0.25, -0.2) is 4.79 Å². The van der Waals surface area contributed by atoms with Crippen molar-refractivity contribution in [2.24, 2.45) is 0 Å². The molecule has 1 heterocycles. The number of hydrogen-bond acceptors (Lipinski definition) is 6. The smallest absolute Gasteiger partial charge is 0.338 e. The van der Waals surface area contributed by atoms with Crippen LogP contribution in [0.5, 0.6) is 0 Å². The van der Waals surface area contributed by atoms with Gasteiger partial charge in [0.2, 0.25) is 0 Å². The fourth-order valence-electron chi connectivity index (χ4n) is 3.13. The summed E-state index contributed by atoms with van der Waals surface area (Å²) in [5.74, 6) is -1.07. The second kappa shape index (κ2) is 7.48. The van der Waals surface area contributed by atoms with Crippen molar-refractivity contribution in [2.75, 3.05) is 0 Å². The van der Waals surface area contributed by atoms with Crippen LogP contribution in [0.1, 0.15) is 49.4 Å². The molecule has 7 nitrogen and oxygen atoms in total. The Morgan fingerprint density at radius 3 is 2.58 bits per heavy atom. The molecule has 0 unspecified atom stereocenters. The summed E-state index contributed by atoms with van der Waals surface area (Å²) in [5.41, 5.74) is 0.687. The Morgan fingerprint density at radius 2 is 1.88 bits per heavy atom. The molecule has 0 radical (unpaired) electrons. The molecule has 1 fully saturated rings. The van der Waals surface area contributed by atoms with E-state index in [2.05, 4.69) is 21.4 Å². The summed E-state index contributed by atoms with van der Waals surface area (Å²) in [4.78, 5) is 33.0. The minimum Gasteiger partial charge on any atom is -0.449 e. The van der Waals surface area contributed by atoms with Crippen molar-refractivity contribution in [3.05, 3.63) is 36.2 Å². The molecule has 1 amide bonds. The van der Waals surface area contributed by atoms with Gasteiger partial charge in [-0.15, -0.1) is 0 Å². The number of rotatable bonds is 4. The molecule has 1 aromatic heterocycles. The summed E-state index contributed by atoms with van der Waals surface area (Å²) in [7, 11) is 0. The monoisotopic (exact) mass is 352 g/mol. The van der Waals surface area contributed by atoms with E-state index < -0.39 is 23.5 Å². The highest BCUT2D eigenvalue weighted by atomic mass is 16.5. The standard InChI is InChI=1S/C19H20N4O3/c1-13(17(24)23-19(12-20)7-3-2-4-8-19)26-18(25)14-5-6-15-16(11-14)22-10-9-21-15/h5-6,9-11,13H,2-4,7-8H2,1H3,(H,23,24)/t13-/m0/s1. The molecule has 1 aliphatic carbocycles. The Hall–Kier alpha value is -3.01. The lowest BCUT2D eigenvalue weighted by Crippen LogP contribution is -2.52. The zero-order valence-corrected chi connectivity index (χ0v) is 14.6. The number of nitrogens with one attached hydrogen (secondary N) is 1. The second-order valence-corrected chi connectivity index (χ2v) is 6.55. The minimum atomic E-state index is -0.993. The Kier molecular flexibility index (Phi) is 5.12. The summed E-state index contributed by atoms with van der Waals surface area (Å²) in [6.45, 7) is 1.50. The van der Waals surface area contributed by atoms with Crippen molar-refractivity contribution in [3.63, 3.8) is 0 Å². The number of ether oxygens (including phenoxy) is 1. The summed E-state index contributed by atoms with van der Waals surface area (Å²) in [6, 6.07) is 7.06. The first-order chi connectivity index (χ1) is 12.5. The Labute approximate surface area is 151 Å². The van der Waals surface area contributed by atoms with Crippen LogP contribution < -0.4 is 5.32 Å². The number of carbonyl (C=O) groups excluding carboxylic acids is 2. The van der Waals surface area contributed by atoms with Gasteiger partial charge in [0.25, 0.3) is 5.91 Å². The number of nitrogens with zero attached hydrogens (tertiary/aromatic N) is 3. The van der Waals surface area contributed by atoms with E-state index in [-0.39, 0.29) is 0 Å². The number of fused-ring (bicyclic) bond motifs is 1. The summed E-state index contributed by atoms with van der Waals surface area (Å²) in [6.07, 6.45) is 6.24. The van der Waals surface area contributed by atoms with E-state index in [1.165, 1.54) is 6.92 Å². The van der Waals surface area contributed by atoms with E-state index in [1.54, 1.807) is 30.6 Å². The van der Waals surface area contributed by atoms with Crippen molar-refractivity contribution in [1.29, 1.82) is 5.26 Å². The van der Waals surface area contributed by atoms with Crippen LogP contribution in [0.3, 0.4) is 0 Å². The van der Waals surface area contributed by atoms with Crippen LogP contribution in [0.15, 0.2) is 30.6 Å². The molecule has 2 aromatic rings. The van der Waals surface area contributed by atoms with Gasteiger partial charge >= 0.3 is 5.97 Å². The predicted octanol–water partition coefficient (Wildman–Crippen LogP) is 2.52. The molecule has 0 spiro atoms. The van der Waals surface area contributed by atoms with Gasteiger partial charge in [0.05, 0.1) is 22.7 Å². The first-order valence-corrected chi connectivity index (χ1v) is 8.68. The average molecular weight is 352 g/mol. The van der Waals surface area contributed by atoms with Crippen LogP contribution in [0.25, 0.3) is 11.0 Å². The first-order valence-electron chi connectivity index (χ1n) is 8.68. The molecule has 0 saturated heterocycles. The van der Waals surface area contributed by atoms with Crippen molar-refractivity contribution >= 4 is 22.9 Å². The molecular formula is C19H20N4O3. The van der Waals surface area contributed by atoms with Crippen LogP contribution in [0.2, 0.25) is 0 Å². The molecule has 1 N–H and O–H groups in total. The third kappa shape index (κ3) is 3.80. The van der Waals surface area contributed by atoms with Crippen molar-refractivity contribution in [2.45, 2.75) is 50.7 Å². The first kappa shape index (κ1) is 17.8. The van der Waals surface area contributed by atoms with Crippen molar-refractivity contribution in [1.82, 2.24) is 15.3 Å². The van der Waals surface area contributed by atoms with Crippen LogP contribution in [0, 0.1) is 11.3 Å². The fraction of sp³-hybridized carbons (Fsp3) is 0.421. The van der Waals surface area contributed by atoms with Crippen LogP contribution >= 0.6 is 0 Å². The number of hydrogen-bond donors (Lipinski definition) is 1. The molecule has 1 saturated carbocycles. The van der Waals surface area contributed by atoms with Crippen molar-refractivity contribution < 1.29 is 14.3 Å². The number of esters is 1. The number of nitriles is 1. The van der Waals surface area contributed by atoms with E-state index in [9.17, 15) is 14.9 Å². The molecule has 0 aliphatic heterocycles. The Morgan fingerprint density at radius 1 is 1.19 bits per heavy atom. The summed E-state index contributed by atoms with van der Waals surface area (Å²) >= 11 is 0. The largest absolute Gasteiger partial charge is 0.449 e. The molecule has 1 atom stereocenters. The molecule has 3 rings (SSSR count). The molecule has 134 valence electrons. The number of aromatic nitrogens is 2. The van der Waals surface area contributed by atoms with Crippen molar-refractivity contribution in [3.8, 4) is 6.07 Å². The highest BCUT2D eigenvalue weighted by Crippen LogP contribution is 2.27. The molecule has 26 heavy (non-hydrogen) atoms. The van der Waals surface area contributed by atoms with E-state index in [4.69, 9.17) is 4.74 Å². The third-order valence-electron chi connectivity index (χ3n) is 4.64. The Balaban J connectivity index is 1.66. The van der Waals surface area contributed by atoms with Gasteiger partial charge in [0, 0.05) is 12.4 Å². The van der Waals surface area contributed by atoms with E-state index in [1.807, 2.05) is 0 Å². The number of carbonyl (C=O) groups is 2. The highest BCUT2D eigenvalue weighted by Gasteiger charge is 2.35. The maximum Gasteiger partial charge on any atom is 0.338 e. The number of benzene rings is 1.